The van der Waals surface area contributed by atoms with E-state index in [2.05, 4.69) is 9.97 Å². The first-order valence-corrected chi connectivity index (χ1v) is 7.70. The Kier molecular flexibility index (Phi) is 5.18. The number of nitrogens with one attached hydrogen (secondary N) is 1. The summed E-state index contributed by atoms with van der Waals surface area (Å²) in [6.07, 6.45) is 3.03. The summed E-state index contributed by atoms with van der Waals surface area (Å²) in [6, 6.07) is 3.33. The number of aromatic nitrogens is 3. The van der Waals surface area contributed by atoms with Crippen molar-refractivity contribution in [3.8, 4) is 0 Å². The fourth-order valence-corrected chi connectivity index (χ4v) is 2.33. The molecular weight excluding hydrogens is 310 g/mol. The Morgan fingerprint density at radius 1 is 1.38 bits per heavy atom. The molecule has 0 bridgehead atoms. The lowest BCUT2D eigenvalue weighted by atomic mass is 10.2. The van der Waals surface area contributed by atoms with Crippen molar-refractivity contribution in [2.24, 2.45) is 0 Å². The minimum atomic E-state index is -0.693. The van der Waals surface area contributed by atoms with Crippen LogP contribution in [0.1, 0.15) is 35.8 Å². The molecule has 2 heterocycles. The van der Waals surface area contributed by atoms with Crippen LogP contribution in [0.3, 0.4) is 0 Å². The highest BCUT2D eigenvalue weighted by Gasteiger charge is 2.22. The molecule has 0 atom stereocenters. The summed E-state index contributed by atoms with van der Waals surface area (Å²) in [6.45, 7) is 4.16. The second kappa shape index (κ2) is 7.12. The molecular formula is C16H21N5O3. The quantitative estimate of drug-likeness (QED) is 0.845. The van der Waals surface area contributed by atoms with Crippen LogP contribution in [-0.4, -0.2) is 27.5 Å². The van der Waals surface area contributed by atoms with Gasteiger partial charge in [0.15, 0.2) is 5.69 Å². The van der Waals surface area contributed by atoms with E-state index in [0.717, 1.165) is 23.4 Å². The second-order valence-electron chi connectivity index (χ2n) is 5.55. The van der Waals surface area contributed by atoms with Gasteiger partial charge in [0.1, 0.15) is 5.82 Å². The van der Waals surface area contributed by atoms with E-state index in [4.69, 9.17) is 5.73 Å². The van der Waals surface area contributed by atoms with Gasteiger partial charge in [0.05, 0.1) is 5.56 Å². The van der Waals surface area contributed by atoms with Gasteiger partial charge in [-0.3, -0.25) is 24.1 Å². The summed E-state index contributed by atoms with van der Waals surface area (Å²) in [7, 11) is 1.44. The number of nitrogens with zero attached hydrogens (tertiary/aromatic N) is 3. The van der Waals surface area contributed by atoms with Crippen LogP contribution in [0.5, 0.6) is 0 Å². The van der Waals surface area contributed by atoms with Gasteiger partial charge >= 0.3 is 5.69 Å². The van der Waals surface area contributed by atoms with E-state index in [1.807, 2.05) is 13.8 Å². The Hall–Kier alpha value is -2.90. The highest BCUT2D eigenvalue weighted by molar-refractivity contribution is 6.06. The zero-order valence-corrected chi connectivity index (χ0v) is 14.0. The molecule has 1 amide bonds. The summed E-state index contributed by atoms with van der Waals surface area (Å²) in [5, 5.41) is 0. The number of pyridine rings is 1. The smallest absolute Gasteiger partial charge is 0.330 e. The topological polar surface area (TPSA) is 114 Å². The van der Waals surface area contributed by atoms with Crippen molar-refractivity contribution in [3.05, 3.63) is 50.4 Å². The zero-order chi connectivity index (χ0) is 17.9. The number of anilines is 2. The minimum Gasteiger partial charge on any atom is -0.383 e. The lowest BCUT2D eigenvalue weighted by molar-refractivity contribution is 0.0992. The van der Waals surface area contributed by atoms with Crippen LogP contribution >= 0.6 is 0 Å². The van der Waals surface area contributed by atoms with Crippen LogP contribution < -0.4 is 21.9 Å². The molecule has 3 N–H and O–H groups in total. The van der Waals surface area contributed by atoms with Crippen molar-refractivity contribution in [3.63, 3.8) is 0 Å². The van der Waals surface area contributed by atoms with Crippen LogP contribution in [0.15, 0.2) is 27.9 Å². The Morgan fingerprint density at radius 2 is 2.08 bits per heavy atom. The van der Waals surface area contributed by atoms with Gasteiger partial charge in [-0.1, -0.05) is 13.3 Å². The molecule has 0 radical (unpaired) electrons. The zero-order valence-electron chi connectivity index (χ0n) is 14.0. The van der Waals surface area contributed by atoms with Crippen molar-refractivity contribution >= 4 is 17.4 Å². The third kappa shape index (κ3) is 3.37. The molecule has 0 unspecified atom stereocenters. The number of nitrogens with two attached hydrogens (primary N) is 1. The Morgan fingerprint density at radius 3 is 2.67 bits per heavy atom. The normalized spacial score (nSPS) is 10.6. The number of hydrogen-bond donors (Lipinski definition) is 2. The number of aromatic amines is 1. The lowest BCUT2D eigenvalue weighted by Gasteiger charge is -2.20. The Balaban J connectivity index is 2.46. The molecule has 24 heavy (non-hydrogen) atoms. The summed E-state index contributed by atoms with van der Waals surface area (Å²) in [5.41, 5.74) is 5.79. The van der Waals surface area contributed by atoms with Crippen molar-refractivity contribution in [2.75, 3.05) is 17.7 Å². The molecule has 0 aliphatic carbocycles. The molecule has 0 aromatic carbocycles. The number of rotatable bonds is 5. The van der Waals surface area contributed by atoms with Gasteiger partial charge in [0.2, 0.25) is 0 Å². The highest BCUT2D eigenvalue weighted by Crippen LogP contribution is 2.17. The number of carbonyl (C=O) groups is 1. The molecule has 0 aliphatic rings. The number of aryl methyl sites for hydroxylation is 1. The summed E-state index contributed by atoms with van der Waals surface area (Å²) < 4.78 is 1.28. The molecule has 0 saturated heterocycles. The van der Waals surface area contributed by atoms with Crippen LogP contribution in [0.2, 0.25) is 0 Å². The van der Waals surface area contributed by atoms with E-state index in [9.17, 15) is 14.4 Å². The first kappa shape index (κ1) is 17.5. The monoisotopic (exact) mass is 331 g/mol. The van der Waals surface area contributed by atoms with Crippen molar-refractivity contribution in [1.82, 2.24) is 14.5 Å². The fourth-order valence-electron chi connectivity index (χ4n) is 2.33. The number of H-pyrrole nitrogens is 1. The number of amides is 1. The maximum atomic E-state index is 12.6. The predicted octanol–water partition coefficient (Wildman–Crippen LogP) is 0.899. The molecule has 0 spiro atoms. The molecule has 0 saturated carbocycles. The van der Waals surface area contributed by atoms with Gasteiger partial charge < -0.3 is 10.6 Å². The van der Waals surface area contributed by atoms with Crippen molar-refractivity contribution < 1.29 is 4.79 Å². The maximum absolute atomic E-state index is 12.6. The predicted molar refractivity (Wildman–Crippen MR) is 92.4 cm³/mol. The van der Waals surface area contributed by atoms with Gasteiger partial charge in [0.25, 0.3) is 11.5 Å². The van der Waals surface area contributed by atoms with Crippen molar-refractivity contribution in [2.45, 2.75) is 33.2 Å². The van der Waals surface area contributed by atoms with Crippen LogP contribution in [0.25, 0.3) is 0 Å². The van der Waals surface area contributed by atoms with Gasteiger partial charge in [-0.05, 0) is 25.5 Å². The molecule has 128 valence electrons. The highest BCUT2D eigenvalue weighted by atomic mass is 16.2. The molecule has 8 nitrogen and oxygen atoms in total. The third-order valence-electron chi connectivity index (χ3n) is 3.75. The van der Waals surface area contributed by atoms with Gasteiger partial charge in [-0.15, -0.1) is 0 Å². The fraction of sp³-hybridized carbons (Fsp3) is 0.375. The molecule has 2 aromatic heterocycles. The SMILES string of the molecule is CCCCn1c(N)c(N(C)C(=O)c2ccc(C)nc2)c(=O)[nH]c1=O. The summed E-state index contributed by atoms with van der Waals surface area (Å²) >= 11 is 0. The molecule has 0 aliphatic heterocycles. The van der Waals surface area contributed by atoms with E-state index in [0.29, 0.717) is 12.1 Å². The number of carbonyl (C=O) groups excluding carboxylic acids is 1. The standard InChI is InChI=1S/C16H21N5O3/c1-4-5-8-21-13(17)12(14(22)19-16(21)24)20(3)15(23)11-7-6-10(2)18-9-11/h6-7,9H,4-5,8,17H2,1-3H3,(H,19,22,24). The molecule has 2 aromatic rings. The van der Waals surface area contributed by atoms with Gasteiger partial charge in [-0.2, -0.15) is 0 Å². The Labute approximate surface area is 138 Å². The van der Waals surface area contributed by atoms with E-state index in [1.54, 1.807) is 12.1 Å². The first-order chi connectivity index (χ1) is 11.4. The molecule has 8 heteroatoms. The average molecular weight is 331 g/mol. The van der Waals surface area contributed by atoms with Crippen molar-refractivity contribution in [1.29, 1.82) is 0 Å². The van der Waals surface area contributed by atoms with Crippen LogP contribution in [-0.2, 0) is 6.54 Å². The molecule has 2 rings (SSSR count). The van der Waals surface area contributed by atoms with Crippen LogP contribution in [0.4, 0.5) is 11.5 Å². The second-order valence-corrected chi connectivity index (χ2v) is 5.55. The summed E-state index contributed by atoms with van der Waals surface area (Å²) in [4.78, 5) is 44.1. The van der Waals surface area contributed by atoms with E-state index >= 15 is 0 Å². The van der Waals surface area contributed by atoms with E-state index in [-0.39, 0.29) is 11.5 Å². The lowest BCUT2D eigenvalue weighted by Crippen LogP contribution is -2.39. The minimum absolute atomic E-state index is 0.0203. The van der Waals surface area contributed by atoms with E-state index < -0.39 is 17.2 Å². The van der Waals surface area contributed by atoms with E-state index in [1.165, 1.54) is 17.8 Å². The van der Waals surface area contributed by atoms with Crippen LogP contribution in [0, 0.1) is 6.92 Å². The maximum Gasteiger partial charge on any atom is 0.330 e. The molecule has 0 fully saturated rings. The number of nitrogen functional groups attached to an aromatic ring is 1. The third-order valence-corrected chi connectivity index (χ3v) is 3.75. The largest absolute Gasteiger partial charge is 0.383 e. The van der Waals surface area contributed by atoms with Gasteiger partial charge in [-0.25, -0.2) is 4.79 Å². The number of unbranched alkanes of at least 4 members (excludes halogenated alkanes) is 1. The average Bonchev–Trinajstić information content (AvgIpc) is 2.54. The Bertz CT molecular complexity index is 851. The first-order valence-electron chi connectivity index (χ1n) is 7.70. The number of hydrogen-bond acceptors (Lipinski definition) is 5. The van der Waals surface area contributed by atoms with Gasteiger partial charge in [0, 0.05) is 25.5 Å². The summed E-state index contributed by atoms with van der Waals surface area (Å²) in [5.74, 6) is -0.450.